The van der Waals surface area contributed by atoms with Gasteiger partial charge in [-0.05, 0) is 19.1 Å². The molecule has 4 heterocycles. The highest BCUT2D eigenvalue weighted by atomic mass is 16.5. The number of aromatic nitrogens is 5. The average Bonchev–Trinajstić information content (AvgIpc) is 3.20. The molecule has 0 aliphatic carbocycles. The Morgan fingerprint density at radius 1 is 0.939 bits per heavy atom. The Bertz CT molecular complexity index is 1120. The molecule has 2 saturated heterocycles. The van der Waals surface area contributed by atoms with Gasteiger partial charge in [-0.15, -0.1) is 0 Å². The van der Waals surface area contributed by atoms with Gasteiger partial charge in [0.2, 0.25) is 17.8 Å². The van der Waals surface area contributed by atoms with Crippen molar-refractivity contribution in [1.82, 2.24) is 24.5 Å². The first-order valence-corrected chi connectivity index (χ1v) is 10.8. The van der Waals surface area contributed by atoms with Crippen LogP contribution in [0.3, 0.4) is 0 Å². The second-order valence-corrected chi connectivity index (χ2v) is 7.73. The number of carboxylic acids is 1. The molecule has 0 saturated carbocycles. The predicted octanol–water partition coefficient (Wildman–Crippen LogP) is 0.656. The second-order valence-electron chi connectivity index (χ2n) is 7.73. The minimum Gasteiger partial charge on any atom is -0.480 e. The van der Waals surface area contributed by atoms with Gasteiger partial charge in [0.05, 0.1) is 31.9 Å². The van der Waals surface area contributed by atoms with Crippen molar-refractivity contribution < 1.29 is 24.1 Å². The van der Waals surface area contributed by atoms with Gasteiger partial charge in [-0.2, -0.15) is 15.0 Å². The van der Waals surface area contributed by atoms with Crippen LogP contribution in [0.15, 0.2) is 18.2 Å². The van der Waals surface area contributed by atoms with E-state index in [0.717, 1.165) is 5.52 Å². The topological polar surface area (TPSA) is 128 Å². The van der Waals surface area contributed by atoms with Crippen molar-refractivity contribution in [2.75, 3.05) is 69.0 Å². The lowest BCUT2D eigenvalue weighted by atomic mass is 10.3. The molecule has 5 rings (SSSR count). The third kappa shape index (κ3) is 4.39. The molecule has 174 valence electrons. The SMILES string of the molecule is Cc1nc2c(OCC(=O)O)cccc2n1-c1nc(N2CCOCC2)nc(N2CCOCC2)n1. The number of rotatable bonds is 6. The first-order chi connectivity index (χ1) is 16.1. The van der Waals surface area contributed by atoms with Crippen molar-refractivity contribution in [3.63, 3.8) is 0 Å². The summed E-state index contributed by atoms with van der Waals surface area (Å²) in [6.45, 7) is 6.66. The van der Waals surface area contributed by atoms with Crippen LogP contribution >= 0.6 is 0 Å². The second kappa shape index (κ2) is 9.16. The summed E-state index contributed by atoms with van der Waals surface area (Å²) < 4.78 is 18.3. The first kappa shape index (κ1) is 21.3. The third-order valence-electron chi connectivity index (χ3n) is 5.55. The number of carbonyl (C=O) groups is 1. The third-order valence-corrected chi connectivity index (χ3v) is 5.55. The van der Waals surface area contributed by atoms with Crippen LogP contribution < -0.4 is 14.5 Å². The number of aryl methyl sites for hydroxylation is 1. The molecule has 2 aliphatic rings. The Morgan fingerprint density at radius 2 is 1.52 bits per heavy atom. The Morgan fingerprint density at radius 3 is 2.09 bits per heavy atom. The highest BCUT2D eigenvalue weighted by Crippen LogP contribution is 2.29. The van der Waals surface area contributed by atoms with E-state index in [4.69, 9.17) is 34.3 Å². The Labute approximate surface area is 189 Å². The molecule has 1 N–H and O–H groups in total. The fraction of sp³-hybridized carbons (Fsp3) is 0.476. The summed E-state index contributed by atoms with van der Waals surface area (Å²) in [6.07, 6.45) is 0. The summed E-state index contributed by atoms with van der Waals surface area (Å²) in [4.78, 5) is 34.1. The lowest BCUT2D eigenvalue weighted by Crippen LogP contribution is -2.40. The number of nitrogens with zero attached hydrogens (tertiary/aromatic N) is 7. The summed E-state index contributed by atoms with van der Waals surface area (Å²) in [5.41, 5.74) is 1.28. The van der Waals surface area contributed by atoms with Crippen LogP contribution in [0.25, 0.3) is 17.0 Å². The number of morpholine rings is 2. The summed E-state index contributed by atoms with van der Waals surface area (Å²) in [6, 6.07) is 5.38. The van der Waals surface area contributed by atoms with Crippen LogP contribution in [0.4, 0.5) is 11.9 Å². The van der Waals surface area contributed by atoms with Gasteiger partial charge in [-0.25, -0.2) is 9.78 Å². The zero-order chi connectivity index (χ0) is 22.8. The maximum Gasteiger partial charge on any atom is 0.341 e. The lowest BCUT2D eigenvalue weighted by Gasteiger charge is -2.30. The average molecular weight is 455 g/mol. The minimum absolute atomic E-state index is 0.396. The van der Waals surface area contributed by atoms with Gasteiger partial charge in [0.15, 0.2) is 6.61 Å². The zero-order valence-corrected chi connectivity index (χ0v) is 18.3. The smallest absolute Gasteiger partial charge is 0.341 e. The van der Waals surface area contributed by atoms with Crippen molar-refractivity contribution in [3.8, 4) is 11.7 Å². The van der Waals surface area contributed by atoms with Gasteiger partial charge < -0.3 is 29.1 Å². The van der Waals surface area contributed by atoms with E-state index in [-0.39, 0.29) is 0 Å². The number of ether oxygens (including phenoxy) is 3. The minimum atomic E-state index is -1.05. The number of imidazole rings is 1. The number of para-hydroxylation sites is 1. The van der Waals surface area contributed by atoms with E-state index in [9.17, 15) is 4.79 Å². The first-order valence-electron chi connectivity index (χ1n) is 10.8. The van der Waals surface area contributed by atoms with Crippen molar-refractivity contribution in [2.45, 2.75) is 6.92 Å². The molecule has 0 amide bonds. The van der Waals surface area contributed by atoms with Crippen molar-refractivity contribution >= 4 is 28.9 Å². The molecular formula is C21H25N7O5. The number of aliphatic carboxylic acids is 1. The molecular weight excluding hydrogens is 430 g/mol. The highest BCUT2D eigenvalue weighted by molar-refractivity contribution is 5.84. The Hall–Kier alpha value is -3.51. The largest absolute Gasteiger partial charge is 0.480 e. The summed E-state index contributed by atoms with van der Waals surface area (Å²) in [7, 11) is 0. The van der Waals surface area contributed by atoms with Gasteiger partial charge in [0.1, 0.15) is 17.1 Å². The number of benzene rings is 1. The van der Waals surface area contributed by atoms with Crippen LogP contribution in [0, 0.1) is 6.92 Å². The van der Waals surface area contributed by atoms with E-state index < -0.39 is 12.6 Å². The highest BCUT2D eigenvalue weighted by Gasteiger charge is 2.23. The molecule has 33 heavy (non-hydrogen) atoms. The molecule has 2 fully saturated rings. The molecule has 0 atom stereocenters. The maximum absolute atomic E-state index is 11.0. The van der Waals surface area contributed by atoms with Crippen molar-refractivity contribution in [1.29, 1.82) is 0 Å². The molecule has 0 spiro atoms. The van der Waals surface area contributed by atoms with Crippen LogP contribution in [-0.4, -0.2) is 94.8 Å². The summed E-state index contributed by atoms with van der Waals surface area (Å²) >= 11 is 0. The molecule has 3 aromatic rings. The molecule has 0 bridgehead atoms. The van der Waals surface area contributed by atoms with E-state index in [2.05, 4.69) is 14.8 Å². The van der Waals surface area contributed by atoms with Gasteiger partial charge in [0.25, 0.3) is 0 Å². The van der Waals surface area contributed by atoms with E-state index in [1.807, 2.05) is 17.6 Å². The predicted molar refractivity (Wildman–Crippen MR) is 118 cm³/mol. The molecule has 2 aromatic heterocycles. The standard InChI is InChI=1S/C21H25N7O5/c1-14-22-18-15(3-2-4-16(18)33-13-17(29)30)28(14)21-24-19(26-5-9-31-10-6-26)23-20(25-21)27-7-11-32-12-8-27/h2-4H,5-13H2,1H3,(H,29,30). The van der Waals surface area contributed by atoms with E-state index >= 15 is 0 Å². The lowest BCUT2D eigenvalue weighted by molar-refractivity contribution is -0.139. The van der Waals surface area contributed by atoms with E-state index in [1.54, 1.807) is 12.1 Å². The zero-order valence-electron chi connectivity index (χ0n) is 18.3. The number of hydrogen-bond acceptors (Lipinski definition) is 10. The van der Waals surface area contributed by atoms with Gasteiger partial charge in [-0.3, -0.25) is 4.57 Å². The summed E-state index contributed by atoms with van der Waals surface area (Å²) in [5, 5.41) is 8.99. The van der Waals surface area contributed by atoms with E-state index in [0.29, 0.717) is 87.5 Å². The fourth-order valence-electron chi connectivity index (χ4n) is 3.95. The van der Waals surface area contributed by atoms with Gasteiger partial charge >= 0.3 is 5.97 Å². The number of fused-ring (bicyclic) bond motifs is 1. The normalized spacial score (nSPS) is 16.9. The monoisotopic (exact) mass is 455 g/mol. The van der Waals surface area contributed by atoms with Crippen molar-refractivity contribution in [3.05, 3.63) is 24.0 Å². The quantitative estimate of drug-likeness (QED) is 0.563. The summed E-state index contributed by atoms with van der Waals surface area (Å²) in [5.74, 6) is 1.62. The van der Waals surface area contributed by atoms with Crippen LogP contribution in [0.2, 0.25) is 0 Å². The molecule has 0 radical (unpaired) electrons. The molecule has 2 aliphatic heterocycles. The molecule has 12 heteroatoms. The molecule has 1 aromatic carbocycles. The fourth-order valence-corrected chi connectivity index (χ4v) is 3.95. The Balaban J connectivity index is 1.61. The maximum atomic E-state index is 11.0. The number of hydrogen-bond donors (Lipinski definition) is 1. The van der Waals surface area contributed by atoms with Crippen molar-refractivity contribution in [2.24, 2.45) is 0 Å². The van der Waals surface area contributed by atoms with Crippen LogP contribution in [-0.2, 0) is 14.3 Å². The van der Waals surface area contributed by atoms with E-state index in [1.165, 1.54) is 0 Å². The van der Waals surface area contributed by atoms with Crippen LogP contribution in [0.5, 0.6) is 5.75 Å². The molecule has 0 unspecified atom stereocenters. The number of carboxylic acid groups (broad SMARTS) is 1. The van der Waals surface area contributed by atoms with Crippen LogP contribution in [0.1, 0.15) is 5.82 Å². The van der Waals surface area contributed by atoms with Gasteiger partial charge in [0, 0.05) is 26.2 Å². The van der Waals surface area contributed by atoms with Gasteiger partial charge in [-0.1, -0.05) is 6.07 Å². The molecule has 12 nitrogen and oxygen atoms in total. The number of anilines is 2. The Kier molecular flexibility index (Phi) is 5.92.